The van der Waals surface area contributed by atoms with Gasteiger partial charge in [0.25, 0.3) is 0 Å². The molecule has 0 aromatic heterocycles. The Morgan fingerprint density at radius 2 is 0.850 bits per heavy atom. The van der Waals surface area contributed by atoms with Crippen LogP contribution in [0.2, 0.25) is 0 Å². The van der Waals surface area contributed by atoms with Crippen molar-refractivity contribution in [2.75, 3.05) is 26.4 Å². The van der Waals surface area contributed by atoms with Crippen LogP contribution >= 0.6 is 23.2 Å². The minimum atomic E-state index is -5.42. The second-order valence-electron chi connectivity index (χ2n) is 3.50. The summed E-state index contributed by atoms with van der Waals surface area (Å²) in [6, 6.07) is 0. The van der Waals surface area contributed by atoms with Crippen LogP contribution in [0.25, 0.3) is 0 Å². The van der Waals surface area contributed by atoms with Crippen LogP contribution in [0.3, 0.4) is 0 Å². The molecule has 4 nitrogen and oxygen atoms in total. The fraction of sp³-hybridized carbons (Fsp3) is 1.00. The molecule has 12 heteroatoms. The third kappa shape index (κ3) is 4.01. The maximum atomic E-state index is 12.6. The van der Waals surface area contributed by atoms with Crippen molar-refractivity contribution in [2.24, 2.45) is 0 Å². The van der Waals surface area contributed by atoms with Crippen molar-refractivity contribution in [3.8, 4) is 0 Å². The summed E-state index contributed by atoms with van der Waals surface area (Å²) in [7, 11) is 0. The fourth-order valence-corrected chi connectivity index (χ4v) is 1.27. The molecule has 2 saturated heterocycles. The van der Waals surface area contributed by atoms with Gasteiger partial charge in [-0.1, -0.05) is 0 Å². The lowest BCUT2D eigenvalue weighted by Gasteiger charge is -2.40. The summed E-state index contributed by atoms with van der Waals surface area (Å²) in [5, 5.41) is -8.83. The molecule has 0 spiro atoms. The van der Waals surface area contributed by atoms with Crippen LogP contribution in [0.5, 0.6) is 0 Å². The minimum Gasteiger partial charge on any atom is -0.377 e. The zero-order chi connectivity index (χ0) is 15.7. The predicted molar refractivity (Wildman–Crippen MR) is 53.1 cm³/mol. The Bertz CT molecular complexity index is 275. The van der Waals surface area contributed by atoms with Crippen LogP contribution in [-0.4, -0.2) is 49.3 Å². The summed E-state index contributed by atoms with van der Waals surface area (Å²) in [4.78, 5) is 0. The quantitative estimate of drug-likeness (QED) is 0.496. The average molecular weight is 353 g/mol. The molecule has 2 rings (SSSR count). The van der Waals surface area contributed by atoms with Gasteiger partial charge in [0, 0.05) is 0 Å². The Hall–Kier alpha value is -0.0000000000000000833. The number of hydrogen-bond donors (Lipinski definition) is 0. The summed E-state index contributed by atoms with van der Waals surface area (Å²) in [5.74, 6) is 0. The van der Waals surface area contributed by atoms with E-state index < -0.39 is 22.8 Å². The number of ether oxygens (including phenoxy) is 4. The summed E-state index contributed by atoms with van der Waals surface area (Å²) < 4.78 is 89.1. The summed E-state index contributed by atoms with van der Waals surface area (Å²) in [6.07, 6.45) is -10.8. The van der Waals surface area contributed by atoms with E-state index in [9.17, 15) is 26.3 Å². The Labute approximate surface area is 118 Å². The minimum absolute atomic E-state index is 0.778. The van der Waals surface area contributed by atoms with Crippen molar-refractivity contribution in [1.29, 1.82) is 0 Å². The van der Waals surface area contributed by atoms with Gasteiger partial charge in [-0.15, -0.1) is 0 Å². The molecular formula is C8H8Cl2F6O4. The SMILES string of the molecule is C1COCCO1.FC1(F)OC(F)(Cl)C(F)(Cl)OC1(F)F. The lowest BCUT2D eigenvalue weighted by molar-refractivity contribution is -0.534. The van der Waals surface area contributed by atoms with Gasteiger partial charge in [0.2, 0.25) is 0 Å². The zero-order valence-corrected chi connectivity index (χ0v) is 11.0. The largest absolute Gasteiger partial charge is 0.452 e. The van der Waals surface area contributed by atoms with Crippen molar-refractivity contribution < 1.29 is 45.3 Å². The van der Waals surface area contributed by atoms with E-state index in [1.165, 1.54) is 0 Å². The van der Waals surface area contributed by atoms with Crippen molar-refractivity contribution in [3.05, 3.63) is 0 Å². The smallest absolute Gasteiger partial charge is 0.377 e. The fourth-order valence-electron chi connectivity index (χ4n) is 0.999. The number of rotatable bonds is 0. The monoisotopic (exact) mass is 352 g/mol. The van der Waals surface area contributed by atoms with Gasteiger partial charge >= 0.3 is 22.8 Å². The number of halogens is 8. The second kappa shape index (κ2) is 6.01. The molecule has 0 N–H and O–H groups in total. The average Bonchev–Trinajstić information content (AvgIpc) is 2.27. The highest BCUT2D eigenvalue weighted by Gasteiger charge is 2.77. The van der Waals surface area contributed by atoms with Gasteiger partial charge in [-0.3, -0.25) is 9.47 Å². The molecule has 0 saturated carbocycles. The van der Waals surface area contributed by atoms with Crippen LogP contribution in [0.15, 0.2) is 0 Å². The Morgan fingerprint density at radius 3 is 1.05 bits per heavy atom. The lowest BCUT2D eigenvalue weighted by Crippen LogP contribution is -2.63. The molecule has 2 heterocycles. The third-order valence-electron chi connectivity index (χ3n) is 1.93. The summed E-state index contributed by atoms with van der Waals surface area (Å²) in [6.45, 7) is 3.11. The van der Waals surface area contributed by atoms with Crippen molar-refractivity contribution >= 4 is 23.2 Å². The third-order valence-corrected chi connectivity index (χ3v) is 2.67. The first-order valence-corrected chi connectivity index (χ1v) is 5.74. The van der Waals surface area contributed by atoms with Crippen LogP contribution in [0, 0.1) is 0 Å². The molecule has 0 aromatic carbocycles. The first-order chi connectivity index (χ1) is 8.91. The van der Waals surface area contributed by atoms with E-state index >= 15 is 0 Å². The maximum Gasteiger partial charge on any atom is 0.452 e. The van der Waals surface area contributed by atoms with Crippen LogP contribution in [0.4, 0.5) is 26.3 Å². The highest BCUT2D eigenvalue weighted by atomic mass is 35.5. The number of alkyl halides is 8. The molecule has 2 aliphatic rings. The van der Waals surface area contributed by atoms with Crippen molar-refractivity contribution in [3.63, 3.8) is 0 Å². The predicted octanol–water partition coefficient (Wildman–Crippen LogP) is 2.98. The van der Waals surface area contributed by atoms with E-state index in [0.29, 0.717) is 0 Å². The molecule has 0 aliphatic carbocycles. The first kappa shape index (κ1) is 18.1. The van der Waals surface area contributed by atoms with Gasteiger partial charge in [0.1, 0.15) is 0 Å². The molecule has 120 valence electrons. The van der Waals surface area contributed by atoms with Crippen molar-refractivity contribution in [2.45, 2.75) is 22.8 Å². The highest BCUT2D eigenvalue weighted by Crippen LogP contribution is 2.55. The van der Waals surface area contributed by atoms with Gasteiger partial charge in [0.05, 0.1) is 26.4 Å². The lowest BCUT2D eigenvalue weighted by atomic mass is 10.5. The standard InChI is InChI=1S/C4Cl2F6O2.C4H8O2/c5-1(7)2(6,8)14-4(11,12)3(9,10)13-1;1-2-6-4-3-5-1/h;1-4H2. The van der Waals surface area contributed by atoms with Crippen LogP contribution in [-0.2, 0) is 18.9 Å². The molecule has 20 heavy (non-hydrogen) atoms. The second-order valence-corrected chi connectivity index (χ2v) is 4.47. The van der Waals surface area contributed by atoms with Crippen LogP contribution < -0.4 is 0 Å². The van der Waals surface area contributed by atoms with E-state index in [2.05, 4.69) is 32.7 Å². The summed E-state index contributed by atoms with van der Waals surface area (Å²) in [5.41, 5.74) is 0. The van der Waals surface area contributed by atoms with E-state index in [0.717, 1.165) is 26.4 Å². The zero-order valence-electron chi connectivity index (χ0n) is 9.49. The van der Waals surface area contributed by atoms with Gasteiger partial charge in [-0.05, 0) is 23.2 Å². The normalized spacial score (nSPS) is 39.6. The highest BCUT2D eigenvalue weighted by molar-refractivity contribution is 6.31. The first-order valence-electron chi connectivity index (χ1n) is 4.98. The molecule has 0 bridgehead atoms. The molecule has 0 amide bonds. The van der Waals surface area contributed by atoms with Crippen molar-refractivity contribution in [1.82, 2.24) is 0 Å². The number of hydrogen-bond acceptors (Lipinski definition) is 4. The topological polar surface area (TPSA) is 36.9 Å². The maximum absolute atomic E-state index is 12.6. The molecule has 2 aliphatic heterocycles. The van der Waals surface area contributed by atoms with Gasteiger partial charge in [0.15, 0.2) is 0 Å². The van der Waals surface area contributed by atoms with E-state index in [4.69, 9.17) is 9.47 Å². The molecule has 2 atom stereocenters. The van der Waals surface area contributed by atoms with Crippen LogP contribution in [0.1, 0.15) is 0 Å². The molecular weight excluding hydrogens is 345 g/mol. The van der Waals surface area contributed by atoms with Gasteiger partial charge in [-0.25, -0.2) is 0 Å². The Kier molecular flexibility index (Phi) is 5.43. The molecule has 2 unspecified atom stereocenters. The van der Waals surface area contributed by atoms with E-state index in [1.54, 1.807) is 0 Å². The van der Waals surface area contributed by atoms with E-state index in [1.807, 2.05) is 0 Å². The Morgan fingerprint density at radius 1 is 0.600 bits per heavy atom. The van der Waals surface area contributed by atoms with Gasteiger partial charge < -0.3 is 9.47 Å². The molecule has 0 radical (unpaired) electrons. The van der Waals surface area contributed by atoms with E-state index in [-0.39, 0.29) is 0 Å². The molecule has 0 aromatic rings. The Balaban J connectivity index is 0.000000276. The van der Waals surface area contributed by atoms with Gasteiger partial charge in [-0.2, -0.15) is 26.3 Å². The molecule has 2 fully saturated rings. The summed E-state index contributed by atoms with van der Waals surface area (Å²) >= 11 is 8.68.